The highest BCUT2D eigenvalue weighted by molar-refractivity contribution is 5.94. The van der Waals surface area contributed by atoms with E-state index in [-0.39, 0.29) is 5.91 Å². The van der Waals surface area contributed by atoms with Crippen LogP contribution in [0.1, 0.15) is 55.3 Å². The lowest BCUT2D eigenvalue weighted by Crippen LogP contribution is -2.42. The molecule has 0 bridgehead atoms. The zero-order valence-electron chi connectivity index (χ0n) is 12.2. The number of amides is 1. The number of carbonyl (C=O) groups excluding carboxylic acids is 1. The fourth-order valence-corrected chi connectivity index (χ4v) is 2.71. The van der Waals surface area contributed by atoms with Gasteiger partial charge in [-0.15, -0.1) is 0 Å². The minimum absolute atomic E-state index is 0.0440. The predicted octanol–water partition coefficient (Wildman–Crippen LogP) is 3.12. The van der Waals surface area contributed by atoms with Gasteiger partial charge in [-0.05, 0) is 38.1 Å². The summed E-state index contributed by atoms with van der Waals surface area (Å²) in [5.74, 6) is 0.0440. The quantitative estimate of drug-likeness (QED) is 0.870. The summed E-state index contributed by atoms with van der Waals surface area (Å²) in [5, 5.41) is 6.33. The van der Waals surface area contributed by atoms with Crippen LogP contribution in [0.3, 0.4) is 0 Å². The van der Waals surface area contributed by atoms with Gasteiger partial charge in [-0.3, -0.25) is 4.79 Å². The van der Waals surface area contributed by atoms with Crippen LogP contribution in [-0.4, -0.2) is 25.0 Å². The number of carbonyl (C=O) groups is 1. The number of hydrogen-bond donors (Lipinski definition) is 2. The van der Waals surface area contributed by atoms with Crippen LogP contribution in [0.15, 0.2) is 30.3 Å². The molecule has 3 nitrogen and oxygen atoms in total. The molecule has 2 aliphatic rings. The van der Waals surface area contributed by atoms with Gasteiger partial charge in [0.2, 0.25) is 0 Å². The Labute approximate surface area is 122 Å². The molecule has 3 heteroatoms. The van der Waals surface area contributed by atoms with Crippen molar-refractivity contribution in [3.05, 3.63) is 35.9 Å². The molecule has 1 heterocycles. The van der Waals surface area contributed by atoms with Gasteiger partial charge >= 0.3 is 0 Å². The SMILES string of the molecule is C1CCCC1.O=C(NC1CCNCC1)c1ccccc1. The van der Waals surface area contributed by atoms with Gasteiger partial charge in [0, 0.05) is 11.6 Å². The van der Waals surface area contributed by atoms with Crippen LogP contribution in [0, 0.1) is 0 Å². The summed E-state index contributed by atoms with van der Waals surface area (Å²) >= 11 is 0. The van der Waals surface area contributed by atoms with Crippen LogP contribution in [-0.2, 0) is 0 Å². The monoisotopic (exact) mass is 274 g/mol. The summed E-state index contributed by atoms with van der Waals surface area (Å²) in [6.45, 7) is 2.00. The lowest BCUT2D eigenvalue weighted by Gasteiger charge is -2.23. The molecule has 20 heavy (non-hydrogen) atoms. The van der Waals surface area contributed by atoms with Crippen LogP contribution in [0.25, 0.3) is 0 Å². The average molecular weight is 274 g/mol. The summed E-state index contributed by atoms with van der Waals surface area (Å²) in [6.07, 6.45) is 9.55. The molecule has 1 saturated carbocycles. The summed E-state index contributed by atoms with van der Waals surface area (Å²) in [6, 6.07) is 9.71. The fraction of sp³-hybridized carbons (Fsp3) is 0.588. The maximum absolute atomic E-state index is 11.8. The summed E-state index contributed by atoms with van der Waals surface area (Å²) in [4.78, 5) is 11.8. The smallest absolute Gasteiger partial charge is 0.251 e. The first-order chi connectivity index (χ1) is 9.86. The van der Waals surface area contributed by atoms with Crippen molar-refractivity contribution in [3.8, 4) is 0 Å². The maximum Gasteiger partial charge on any atom is 0.251 e. The first kappa shape index (κ1) is 15.0. The normalized spacial score (nSPS) is 19.0. The zero-order chi connectivity index (χ0) is 14.0. The van der Waals surface area contributed by atoms with Crippen LogP contribution < -0.4 is 10.6 Å². The van der Waals surface area contributed by atoms with E-state index < -0.39 is 0 Å². The highest BCUT2D eigenvalue weighted by atomic mass is 16.1. The predicted molar refractivity (Wildman–Crippen MR) is 82.9 cm³/mol. The molecule has 1 aliphatic heterocycles. The lowest BCUT2D eigenvalue weighted by molar-refractivity contribution is 0.0929. The third-order valence-electron chi connectivity index (χ3n) is 3.96. The van der Waals surface area contributed by atoms with Crippen molar-refractivity contribution in [2.75, 3.05) is 13.1 Å². The minimum atomic E-state index is 0.0440. The van der Waals surface area contributed by atoms with Crippen molar-refractivity contribution < 1.29 is 4.79 Å². The second kappa shape index (κ2) is 8.75. The number of nitrogens with one attached hydrogen (secondary N) is 2. The summed E-state index contributed by atoms with van der Waals surface area (Å²) < 4.78 is 0. The van der Waals surface area contributed by atoms with Crippen LogP contribution >= 0.6 is 0 Å². The van der Waals surface area contributed by atoms with Crippen molar-refractivity contribution in [1.29, 1.82) is 0 Å². The van der Waals surface area contributed by atoms with E-state index in [1.807, 2.05) is 30.3 Å². The minimum Gasteiger partial charge on any atom is -0.349 e. The molecule has 1 aromatic carbocycles. The third kappa shape index (κ3) is 5.33. The number of hydrogen-bond acceptors (Lipinski definition) is 2. The maximum atomic E-state index is 11.8. The van der Waals surface area contributed by atoms with E-state index in [2.05, 4.69) is 10.6 Å². The molecule has 0 unspecified atom stereocenters. The zero-order valence-corrected chi connectivity index (χ0v) is 12.2. The molecular weight excluding hydrogens is 248 g/mol. The summed E-state index contributed by atoms with van der Waals surface area (Å²) in [5.41, 5.74) is 0.746. The van der Waals surface area contributed by atoms with Gasteiger partial charge in [0.05, 0.1) is 0 Å². The Balaban J connectivity index is 0.000000247. The first-order valence-corrected chi connectivity index (χ1v) is 7.93. The van der Waals surface area contributed by atoms with Gasteiger partial charge in [-0.2, -0.15) is 0 Å². The number of piperidine rings is 1. The van der Waals surface area contributed by atoms with Gasteiger partial charge in [0.25, 0.3) is 5.91 Å². The molecule has 3 rings (SSSR count). The fourth-order valence-electron chi connectivity index (χ4n) is 2.71. The van der Waals surface area contributed by atoms with Crippen LogP contribution in [0.5, 0.6) is 0 Å². The van der Waals surface area contributed by atoms with Crippen LogP contribution in [0.2, 0.25) is 0 Å². The Morgan fingerprint density at radius 3 is 2.05 bits per heavy atom. The van der Waals surface area contributed by atoms with Crippen molar-refractivity contribution >= 4 is 5.91 Å². The van der Waals surface area contributed by atoms with Crippen LogP contribution in [0.4, 0.5) is 0 Å². The largest absolute Gasteiger partial charge is 0.349 e. The van der Waals surface area contributed by atoms with Crippen molar-refractivity contribution in [3.63, 3.8) is 0 Å². The average Bonchev–Trinajstić information content (AvgIpc) is 3.09. The Morgan fingerprint density at radius 2 is 1.50 bits per heavy atom. The van der Waals surface area contributed by atoms with Crippen molar-refractivity contribution in [2.24, 2.45) is 0 Å². The van der Waals surface area contributed by atoms with Crippen molar-refractivity contribution in [2.45, 2.75) is 51.0 Å². The molecule has 0 radical (unpaired) electrons. The topological polar surface area (TPSA) is 41.1 Å². The molecule has 110 valence electrons. The van der Waals surface area contributed by atoms with Gasteiger partial charge < -0.3 is 10.6 Å². The number of rotatable bonds is 2. The van der Waals surface area contributed by atoms with Gasteiger partial charge in [0.1, 0.15) is 0 Å². The number of benzene rings is 1. The molecule has 2 fully saturated rings. The van der Waals surface area contributed by atoms with E-state index >= 15 is 0 Å². The standard InChI is InChI=1S/C12H16N2O.C5H10/c15-12(10-4-2-1-3-5-10)14-11-6-8-13-9-7-11;1-2-4-5-3-1/h1-5,11,13H,6-9H2,(H,14,15);1-5H2. The third-order valence-corrected chi connectivity index (χ3v) is 3.96. The van der Waals surface area contributed by atoms with Gasteiger partial charge in [-0.25, -0.2) is 0 Å². The van der Waals surface area contributed by atoms with Gasteiger partial charge in [-0.1, -0.05) is 50.3 Å². The van der Waals surface area contributed by atoms with E-state index in [0.717, 1.165) is 31.5 Å². The molecule has 1 aliphatic carbocycles. The van der Waals surface area contributed by atoms with E-state index in [1.165, 1.54) is 32.1 Å². The Kier molecular flexibility index (Phi) is 6.58. The van der Waals surface area contributed by atoms with E-state index in [1.54, 1.807) is 0 Å². The molecule has 0 aromatic heterocycles. The Hall–Kier alpha value is -1.35. The second-order valence-electron chi connectivity index (χ2n) is 5.63. The van der Waals surface area contributed by atoms with E-state index in [9.17, 15) is 4.79 Å². The summed E-state index contributed by atoms with van der Waals surface area (Å²) in [7, 11) is 0. The molecule has 0 spiro atoms. The Morgan fingerprint density at radius 1 is 0.950 bits per heavy atom. The second-order valence-corrected chi connectivity index (χ2v) is 5.63. The molecule has 1 aromatic rings. The van der Waals surface area contributed by atoms with Gasteiger partial charge in [0.15, 0.2) is 0 Å². The lowest BCUT2D eigenvalue weighted by atomic mass is 10.1. The molecule has 2 N–H and O–H groups in total. The molecule has 1 saturated heterocycles. The van der Waals surface area contributed by atoms with E-state index in [0.29, 0.717) is 6.04 Å². The highest BCUT2D eigenvalue weighted by Gasteiger charge is 2.15. The Bertz CT molecular complexity index is 374. The molecular formula is C17H26N2O. The van der Waals surface area contributed by atoms with E-state index in [4.69, 9.17) is 0 Å². The molecule has 0 atom stereocenters. The first-order valence-electron chi connectivity index (χ1n) is 7.93. The van der Waals surface area contributed by atoms with Crippen molar-refractivity contribution in [1.82, 2.24) is 10.6 Å². The molecule has 1 amide bonds. The highest BCUT2D eigenvalue weighted by Crippen LogP contribution is 2.15.